The minimum atomic E-state index is -3.00. The molecular weight excluding hydrogens is 369 g/mol. The zero-order valence-corrected chi connectivity index (χ0v) is 15.9. The molecule has 1 aliphatic rings. The van der Waals surface area contributed by atoms with Gasteiger partial charge >= 0.3 is 0 Å². The van der Waals surface area contributed by atoms with Crippen LogP contribution in [0.4, 0.5) is 10.2 Å². The third-order valence-electron chi connectivity index (χ3n) is 4.76. The van der Waals surface area contributed by atoms with E-state index in [0.717, 1.165) is 0 Å². The van der Waals surface area contributed by atoms with Gasteiger partial charge in [0.15, 0.2) is 9.84 Å². The predicted octanol–water partition coefficient (Wildman–Crippen LogP) is 1.82. The van der Waals surface area contributed by atoms with Crippen molar-refractivity contribution < 1.29 is 17.6 Å². The number of rotatable bonds is 6. The van der Waals surface area contributed by atoms with E-state index < -0.39 is 9.84 Å². The molecule has 0 radical (unpaired) electrons. The topological polar surface area (TPSA) is 79.4 Å². The molecule has 1 unspecified atom stereocenters. The molecule has 3 rings (SSSR count). The van der Waals surface area contributed by atoms with Gasteiger partial charge in [0.2, 0.25) is 0 Å². The number of aromatic nitrogens is 1. The highest BCUT2D eigenvalue weighted by Gasteiger charge is 2.31. The molecule has 1 aromatic carbocycles. The van der Waals surface area contributed by atoms with Crippen LogP contribution in [0.1, 0.15) is 22.3 Å². The van der Waals surface area contributed by atoms with E-state index in [-0.39, 0.29) is 29.3 Å². The first-order valence-corrected chi connectivity index (χ1v) is 10.6. The lowest BCUT2D eigenvalue weighted by Gasteiger charge is -2.24. The minimum absolute atomic E-state index is 0.101. The zero-order valence-electron chi connectivity index (χ0n) is 15.1. The summed E-state index contributed by atoms with van der Waals surface area (Å²) < 4.78 is 37.0. The Hall–Kier alpha value is -2.48. The molecule has 0 saturated carbocycles. The fourth-order valence-corrected chi connectivity index (χ4v) is 4.91. The zero-order chi connectivity index (χ0) is 19.4. The maximum absolute atomic E-state index is 13.6. The number of amides is 1. The van der Waals surface area contributed by atoms with Crippen LogP contribution in [0.5, 0.6) is 0 Å². The van der Waals surface area contributed by atoms with Crippen LogP contribution in [0.15, 0.2) is 42.6 Å². The van der Waals surface area contributed by atoms with E-state index in [1.54, 1.807) is 42.3 Å². The van der Waals surface area contributed by atoms with Crippen LogP contribution < -0.4 is 10.2 Å². The van der Waals surface area contributed by atoms with E-state index in [0.29, 0.717) is 36.3 Å². The summed E-state index contributed by atoms with van der Waals surface area (Å²) in [6.45, 7) is 0.314. The molecule has 2 heterocycles. The second-order valence-corrected chi connectivity index (χ2v) is 8.90. The molecule has 1 N–H and O–H groups in total. The molecule has 1 fully saturated rings. The van der Waals surface area contributed by atoms with Crippen molar-refractivity contribution in [2.75, 3.05) is 30.0 Å². The molecule has 0 aliphatic carbocycles. The normalized spacial score (nSPS) is 18.2. The number of carbonyl (C=O) groups excluding carboxylic acids is 1. The number of benzene rings is 1. The fourth-order valence-electron chi connectivity index (χ4n) is 3.13. The Kier molecular flexibility index (Phi) is 5.74. The molecule has 144 valence electrons. The Morgan fingerprint density at radius 1 is 1.33 bits per heavy atom. The summed E-state index contributed by atoms with van der Waals surface area (Å²) in [5.74, 6) is 0.273. The van der Waals surface area contributed by atoms with Crippen molar-refractivity contribution >= 4 is 21.6 Å². The molecule has 1 atom stereocenters. The number of halogens is 1. The van der Waals surface area contributed by atoms with Gasteiger partial charge in [-0.25, -0.2) is 17.8 Å². The molecule has 1 saturated heterocycles. The number of nitrogens with one attached hydrogen (secondary N) is 1. The van der Waals surface area contributed by atoms with E-state index in [1.807, 2.05) is 0 Å². The Bertz CT molecular complexity index is 933. The van der Waals surface area contributed by atoms with E-state index in [1.165, 1.54) is 12.3 Å². The number of anilines is 1. The number of nitrogens with zero attached hydrogens (tertiary/aromatic N) is 2. The van der Waals surface area contributed by atoms with Crippen LogP contribution in [-0.4, -0.2) is 50.4 Å². The highest BCUT2D eigenvalue weighted by atomic mass is 32.2. The number of pyridine rings is 1. The van der Waals surface area contributed by atoms with Crippen LogP contribution in [0, 0.1) is 5.82 Å². The van der Waals surface area contributed by atoms with E-state index in [4.69, 9.17) is 0 Å². The van der Waals surface area contributed by atoms with E-state index in [2.05, 4.69) is 10.3 Å². The Labute approximate surface area is 158 Å². The lowest BCUT2D eigenvalue weighted by atomic mass is 10.1. The molecule has 0 spiro atoms. The molecule has 8 heteroatoms. The monoisotopic (exact) mass is 391 g/mol. The number of hydrogen-bond acceptors (Lipinski definition) is 5. The smallest absolute Gasteiger partial charge is 0.251 e. The Morgan fingerprint density at radius 3 is 2.81 bits per heavy atom. The largest absolute Gasteiger partial charge is 0.356 e. The highest BCUT2D eigenvalue weighted by Crippen LogP contribution is 2.22. The average molecular weight is 391 g/mol. The first-order valence-electron chi connectivity index (χ1n) is 8.76. The lowest BCUT2D eigenvalue weighted by Crippen LogP contribution is -2.33. The van der Waals surface area contributed by atoms with Crippen LogP contribution >= 0.6 is 0 Å². The van der Waals surface area contributed by atoms with Crippen molar-refractivity contribution in [1.82, 2.24) is 10.3 Å². The van der Waals surface area contributed by atoms with Crippen molar-refractivity contribution in [3.63, 3.8) is 0 Å². The van der Waals surface area contributed by atoms with E-state index in [9.17, 15) is 17.6 Å². The van der Waals surface area contributed by atoms with Crippen molar-refractivity contribution in [3.8, 4) is 0 Å². The van der Waals surface area contributed by atoms with Gasteiger partial charge in [-0.05, 0) is 36.6 Å². The van der Waals surface area contributed by atoms with Gasteiger partial charge in [0.25, 0.3) is 5.91 Å². The minimum Gasteiger partial charge on any atom is -0.356 e. The van der Waals surface area contributed by atoms with E-state index >= 15 is 0 Å². The predicted molar refractivity (Wildman–Crippen MR) is 102 cm³/mol. The van der Waals surface area contributed by atoms with Gasteiger partial charge in [0, 0.05) is 31.4 Å². The van der Waals surface area contributed by atoms with Gasteiger partial charge in [0.1, 0.15) is 11.6 Å². The second-order valence-electron chi connectivity index (χ2n) is 6.67. The van der Waals surface area contributed by atoms with Crippen LogP contribution in [0.2, 0.25) is 0 Å². The lowest BCUT2D eigenvalue weighted by molar-refractivity contribution is 0.0954. The van der Waals surface area contributed by atoms with Gasteiger partial charge in [0.05, 0.1) is 11.5 Å². The molecule has 0 bridgehead atoms. The van der Waals surface area contributed by atoms with Gasteiger partial charge in [-0.3, -0.25) is 4.79 Å². The summed E-state index contributed by atoms with van der Waals surface area (Å²) in [5, 5.41) is 2.78. The standard InChI is InChI=1S/C19H22FN3O3S/c1-23(16-8-11-27(25,26)13-16)18-12-15(7-9-21-18)19(24)22-10-6-14-4-2-3-5-17(14)20/h2-5,7,9,12,16H,6,8,10-11,13H2,1H3,(H,22,24). The maximum atomic E-state index is 13.6. The van der Waals surface area contributed by atoms with Crippen molar-refractivity contribution in [1.29, 1.82) is 0 Å². The van der Waals surface area contributed by atoms with Crippen LogP contribution in [0.25, 0.3) is 0 Å². The highest BCUT2D eigenvalue weighted by molar-refractivity contribution is 7.91. The first-order chi connectivity index (χ1) is 12.9. The third-order valence-corrected chi connectivity index (χ3v) is 6.51. The number of hydrogen-bond donors (Lipinski definition) is 1. The number of carbonyl (C=O) groups is 1. The summed E-state index contributed by atoms with van der Waals surface area (Å²) in [6, 6.07) is 9.57. The Balaban J connectivity index is 1.61. The molecule has 1 amide bonds. The first kappa shape index (κ1) is 19.3. The summed E-state index contributed by atoms with van der Waals surface area (Å²) in [5.41, 5.74) is 0.983. The summed E-state index contributed by atoms with van der Waals surface area (Å²) >= 11 is 0. The number of sulfone groups is 1. The SMILES string of the molecule is CN(c1cc(C(=O)NCCc2ccccc2F)ccn1)C1CCS(=O)(=O)C1. The summed E-state index contributed by atoms with van der Waals surface area (Å²) in [4.78, 5) is 18.4. The van der Waals surface area contributed by atoms with Gasteiger partial charge in [-0.15, -0.1) is 0 Å². The second kappa shape index (κ2) is 8.04. The summed E-state index contributed by atoms with van der Waals surface area (Å²) in [6.07, 6.45) is 2.48. The van der Waals surface area contributed by atoms with Gasteiger partial charge < -0.3 is 10.2 Å². The molecule has 2 aromatic rings. The van der Waals surface area contributed by atoms with Gasteiger partial charge in [-0.2, -0.15) is 0 Å². The summed E-state index contributed by atoms with van der Waals surface area (Å²) in [7, 11) is -1.21. The molecule has 1 aromatic heterocycles. The van der Waals surface area contributed by atoms with Crippen molar-refractivity contribution in [2.24, 2.45) is 0 Å². The fraction of sp³-hybridized carbons (Fsp3) is 0.368. The maximum Gasteiger partial charge on any atom is 0.251 e. The molecule has 6 nitrogen and oxygen atoms in total. The average Bonchev–Trinajstić information content (AvgIpc) is 3.02. The third kappa shape index (κ3) is 4.82. The quantitative estimate of drug-likeness (QED) is 0.813. The van der Waals surface area contributed by atoms with Crippen LogP contribution in [-0.2, 0) is 16.3 Å². The van der Waals surface area contributed by atoms with Crippen LogP contribution in [0.3, 0.4) is 0 Å². The van der Waals surface area contributed by atoms with Crippen molar-refractivity contribution in [2.45, 2.75) is 18.9 Å². The van der Waals surface area contributed by atoms with Crippen molar-refractivity contribution in [3.05, 3.63) is 59.5 Å². The Morgan fingerprint density at radius 2 is 2.11 bits per heavy atom. The molecule has 27 heavy (non-hydrogen) atoms. The molecular formula is C19H22FN3O3S. The molecule has 1 aliphatic heterocycles. The van der Waals surface area contributed by atoms with Gasteiger partial charge in [-0.1, -0.05) is 18.2 Å².